The lowest BCUT2D eigenvalue weighted by Crippen LogP contribution is -2.49. The van der Waals surface area contributed by atoms with Crippen LogP contribution in [-0.4, -0.2) is 18.0 Å². The van der Waals surface area contributed by atoms with Crippen molar-refractivity contribution in [1.29, 1.82) is 0 Å². The fraction of sp³-hybridized carbons (Fsp3) is 0.588. The molecule has 0 aromatic heterocycles. The van der Waals surface area contributed by atoms with Crippen molar-refractivity contribution in [3.8, 4) is 0 Å². The zero-order valence-electron chi connectivity index (χ0n) is 13.1. The molecular weight excluding hydrogens is 326 g/mol. The highest BCUT2D eigenvalue weighted by atomic mass is 79.9. The molecule has 1 unspecified atom stereocenters. The fourth-order valence-corrected chi connectivity index (χ4v) is 3.27. The van der Waals surface area contributed by atoms with Crippen molar-refractivity contribution in [2.24, 2.45) is 10.7 Å². The lowest BCUT2D eigenvalue weighted by molar-refractivity contribution is 0.433. The van der Waals surface area contributed by atoms with Gasteiger partial charge >= 0.3 is 0 Å². The van der Waals surface area contributed by atoms with Crippen molar-refractivity contribution < 1.29 is 0 Å². The zero-order chi connectivity index (χ0) is 15.3. The van der Waals surface area contributed by atoms with E-state index in [-0.39, 0.29) is 5.54 Å². The minimum absolute atomic E-state index is 0.0180. The Kier molecular flexibility index (Phi) is 5.68. The maximum absolute atomic E-state index is 6.14. The summed E-state index contributed by atoms with van der Waals surface area (Å²) in [6.45, 7) is 5.32. The van der Waals surface area contributed by atoms with Crippen LogP contribution in [0.4, 0.5) is 5.69 Å². The van der Waals surface area contributed by atoms with Crippen LogP contribution in [0.25, 0.3) is 0 Å². The third kappa shape index (κ3) is 4.00. The van der Waals surface area contributed by atoms with E-state index >= 15 is 0 Å². The summed E-state index contributed by atoms with van der Waals surface area (Å²) in [5.74, 6) is 0.647. The fourth-order valence-electron chi connectivity index (χ4n) is 3.00. The molecule has 0 amide bonds. The number of aliphatic imine (C=N–C) groups is 1. The first-order valence-corrected chi connectivity index (χ1v) is 8.72. The molecular formula is C17H26BrN3. The molecule has 0 radical (unpaired) electrons. The molecule has 0 spiro atoms. The third-order valence-electron chi connectivity index (χ3n) is 4.25. The number of nitrogens with two attached hydrogens (primary N) is 1. The molecule has 0 aliphatic carbocycles. The van der Waals surface area contributed by atoms with Gasteiger partial charge in [-0.2, -0.15) is 0 Å². The van der Waals surface area contributed by atoms with Crippen LogP contribution in [0.5, 0.6) is 0 Å². The lowest BCUT2D eigenvalue weighted by Gasteiger charge is -2.36. The van der Waals surface area contributed by atoms with E-state index in [1.54, 1.807) is 0 Å². The Morgan fingerprint density at radius 2 is 1.86 bits per heavy atom. The van der Waals surface area contributed by atoms with Gasteiger partial charge in [-0.15, -0.1) is 0 Å². The summed E-state index contributed by atoms with van der Waals surface area (Å²) in [6.07, 6.45) is 7.64. The van der Waals surface area contributed by atoms with Gasteiger partial charge in [-0.3, -0.25) is 4.99 Å². The average molecular weight is 352 g/mol. The monoisotopic (exact) mass is 351 g/mol. The predicted octanol–water partition coefficient (Wildman–Crippen LogP) is 4.70. The van der Waals surface area contributed by atoms with Crippen molar-refractivity contribution in [2.45, 2.75) is 57.9 Å². The standard InChI is InChI=1S/C17H26BrN3/c1-3-4-5-6-7-12-17(2)13-20-16(19)21(17)15-10-8-14(18)9-11-15/h8-11H,3-7,12-13H2,1-2H3,(H2,19,20). The molecule has 0 bridgehead atoms. The van der Waals surface area contributed by atoms with E-state index in [0.29, 0.717) is 5.96 Å². The van der Waals surface area contributed by atoms with Gasteiger partial charge < -0.3 is 10.6 Å². The summed E-state index contributed by atoms with van der Waals surface area (Å²) in [7, 11) is 0. The SMILES string of the molecule is CCCCCCCC1(C)CN=C(N)N1c1ccc(Br)cc1. The summed E-state index contributed by atoms with van der Waals surface area (Å²) in [5.41, 5.74) is 7.29. The molecule has 1 atom stereocenters. The maximum Gasteiger partial charge on any atom is 0.196 e. The average Bonchev–Trinajstić information content (AvgIpc) is 2.76. The third-order valence-corrected chi connectivity index (χ3v) is 4.78. The Balaban J connectivity index is 2.02. The molecule has 1 aliphatic rings. The minimum atomic E-state index is 0.0180. The van der Waals surface area contributed by atoms with Gasteiger partial charge in [0.05, 0.1) is 12.1 Å². The van der Waals surface area contributed by atoms with E-state index < -0.39 is 0 Å². The number of rotatable bonds is 7. The molecule has 3 nitrogen and oxygen atoms in total. The molecule has 0 saturated carbocycles. The van der Waals surface area contributed by atoms with Gasteiger partial charge in [-0.05, 0) is 37.6 Å². The zero-order valence-corrected chi connectivity index (χ0v) is 14.7. The lowest BCUT2D eigenvalue weighted by atomic mass is 9.92. The van der Waals surface area contributed by atoms with E-state index in [0.717, 1.165) is 23.1 Å². The second-order valence-electron chi connectivity index (χ2n) is 6.15. The van der Waals surface area contributed by atoms with E-state index in [9.17, 15) is 0 Å². The maximum atomic E-state index is 6.14. The quantitative estimate of drug-likeness (QED) is 0.723. The number of unbranched alkanes of at least 4 members (excludes halogenated alkanes) is 4. The highest BCUT2D eigenvalue weighted by Crippen LogP contribution is 2.33. The van der Waals surface area contributed by atoms with Gasteiger partial charge in [-0.25, -0.2) is 0 Å². The predicted molar refractivity (Wildman–Crippen MR) is 94.9 cm³/mol. The Hall–Kier alpha value is -1.03. The molecule has 2 rings (SSSR count). The molecule has 2 N–H and O–H groups in total. The van der Waals surface area contributed by atoms with Gasteiger partial charge in [-0.1, -0.05) is 55.0 Å². The molecule has 0 fully saturated rings. The van der Waals surface area contributed by atoms with Gasteiger partial charge in [0.25, 0.3) is 0 Å². The number of guanidine groups is 1. The van der Waals surface area contributed by atoms with E-state index in [1.165, 1.54) is 32.1 Å². The Labute approximate surface area is 136 Å². The van der Waals surface area contributed by atoms with Gasteiger partial charge in [0.1, 0.15) is 0 Å². The van der Waals surface area contributed by atoms with Gasteiger partial charge in [0, 0.05) is 10.2 Å². The van der Waals surface area contributed by atoms with E-state index in [4.69, 9.17) is 5.73 Å². The summed E-state index contributed by atoms with van der Waals surface area (Å²) in [5, 5.41) is 0. The van der Waals surface area contributed by atoms with Crippen LogP contribution in [0.3, 0.4) is 0 Å². The topological polar surface area (TPSA) is 41.6 Å². The Morgan fingerprint density at radius 1 is 1.19 bits per heavy atom. The molecule has 1 aliphatic heterocycles. The van der Waals surface area contributed by atoms with Crippen LogP contribution < -0.4 is 10.6 Å². The molecule has 4 heteroatoms. The Bertz CT molecular complexity index is 483. The van der Waals surface area contributed by atoms with Crippen LogP contribution in [0.2, 0.25) is 0 Å². The van der Waals surface area contributed by atoms with Crippen molar-refractivity contribution in [2.75, 3.05) is 11.4 Å². The van der Waals surface area contributed by atoms with Crippen LogP contribution in [-0.2, 0) is 0 Å². The number of benzene rings is 1. The number of nitrogens with zero attached hydrogens (tertiary/aromatic N) is 2. The first kappa shape index (κ1) is 16.3. The largest absolute Gasteiger partial charge is 0.369 e. The van der Waals surface area contributed by atoms with E-state index in [1.807, 2.05) is 0 Å². The second kappa shape index (κ2) is 7.30. The van der Waals surface area contributed by atoms with Crippen molar-refractivity contribution >= 4 is 27.6 Å². The summed E-state index contributed by atoms with van der Waals surface area (Å²) in [4.78, 5) is 6.70. The molecule has 0 saturated heterocycles. The van der Waals surface area contributed by atoms with Crippen molar-refractivity contribution in [3.05, 3.63) is 28.7 Å². The van der Waals surface area contributed by atoms with Crippen molar-refractivity contribution in [3.63, 3.8) is 0 Å². The van der Waals surface area contributed by atoms with E-state index in [2.05, 4.69) is 63.9 Å². The molecule has 116 valence electrons. The number of hydrogen-bond acceptors (Lipinski definition) is 3. The smallest absolute Gasteiger partial charge is 0.196 e. The normalized spacial score (nSPS) is 21.7. The molecule has 1 heterocycles. The number of anilines is 1. The molecule has 21 heavy (non-hydrogen) atoms. The van der Waals surface area contributed by atoms with Gasteiger partial charge in [0.2, 0.25) is 0 Å². The number of halogens is 1. The van der Waals surface area contributed by atoms with Crippen LogP contribution in [0.1, 0.15) is 52.4 Å². The van der Waals surface area contributed by atoms with Crippen LogP contribution >= 0.6 is 15.9 Å². The molecule has 1 aromatic carbocycles. The first-order chi connectivity index (χ1) is 10.1. The summed E-state index contributed by atoms with van der Waals surface area (Å²) >= 11 is 3.48. The summed E-state index contributed by atoms with van der Waals surface area (Å²) in [6, 6.07) is 8.32. The Morgan fingerprint density at radius 3 is 2.52 bits per heavy atom. The minimum Gasteiger partial charge on any atom is -0.369 e. The number of hydrogen-bond donors (Lipinski definition) is 1. The highest BCUT2D eigenvalue weighted by Gasteiger charge is 2.38. The van der Waals surface area contributed by atoms with Gasteiger partial charge in [0.15, 0.2) is 5.96 Å². The van der Waals surface area contributed by atoms with Crippen LogP contribution in [0.15, 0.2) is 33.7 Å². The second-order valence-corrected chi connectivity index (χ2v) is 7.06. The first-order valence-electron chi connectivity index (χ1n) is 7.92. The summed E-state index contributed by atoms with van der Waals surface area (Å²) < 4.78 is 1.09. The molecule has 1 aromatic rings. The highest BCUT2D eigenvalue weighted by molar-refractivity contribution is 9.10. The van der Waals surface area contributed by atoms with Crippen molar-refractivity contribution in [1.82, 2.24) is 0 Å². The van der Waals surface area contributed by atoms with Crippen LogP contribution in [0, 0.1) is 0 Å².